The van der Waals surface area contributed by atoms with Gasteiger partial charge in [-0.25, -0.2) is 0 Å². The molecule has 4 aromatic rings. The van der Waals surface area contributed by atoms with Gasteiger partial charge in [0.15, 0.2) is 0 Å². The summed E-state index contributed by atoms with van der Waals surface area (Å²) >= 11 is 0. The zero-order chi connectivity index (χ0) is 21.6. The number of nitrogens with two attached hydrogens (primary N) is 2. The second-order valence-corrected chi connectivity index (χ2v) is 7.95. The van der Waals surface area contributed by atoms with E-state index in [1.54, 1.807) is 0 Å². The van der Waals surface area contributed by atoms with E-state index in [-0.39, 0.29) is 0 Å². The highest BCUT2D eigenvalue weighted by molar-refractivity contribution is 5.80. The maximum atomic E-state index is 6.72. The van der Waals surface area contributed by atoms with E-state index >= 15 is 0 Å². The van der Waals surface area contributed by atoms with Gasteiger partial charge in [-0.1, -0.05) is 48.5 Å². The Kier molecular flexibility index (Phi) is 4.36. The summed E-state index contributed by atoms with van der Waals surface area (Å²) in [5.74, 6) is 0.230. The summed E-state index contributed by atoms with van der Waals surface area (Å²) in [6.45, 7) is 3.94. The minimum atomic E-state index is -1.14. The first-order valence-corrected chi connectivity index (χ1v) is 10.3. The van der Waals surface area contributed by atoms with E-state index in [1.807, 2.05) is 74.5 Å². The van der Waals surface area contributed by atoms with Crippen LogP contribution in [-0.4, -0.2) is 0 Å². The average molecular weight is 409 g/mol. The fourth-order valence-corrected chi connectivity index (χ4v) is 4.15. The molecule has 0 aromatic heterocycles. The van der Waals surface area contributed by atoms with Gasteiger partial charge in [-0.15, -0.1) is 0 Å². The Balaban J connectivity index is 1.73. The third-order valence-corrected chi connectivity index (χ3v) is 5.86. The molecule has 4 nitrogen and oxygen atoms in total. The normalized spacial score (nSPS) is 13.4. The fourth-order valence-electron chi connectivity index (χ4n) is 4.15. The number of rotatable bonds is 4. The largest absolute Gasteiger partial charge is 0.444 e. The Morgan fingerprint density at radius 2 is 1.00 bits per heavy atom. The van der Waals surface area contributed by atoms with E-state index in [9.17, 15) is 0 Å². The molecule has 31 heavy (non-hydrogen) atoms. The Bertz CT molecular complexity index is 1200. The van der Waals surface area contributed by atoms with Crippen LogP contribution in [0.2, 0.25) is 0 Å². The third kappa shape index (κ3) is 3.08. The van der Waals surface area contributed by atoms with Crippen LogP contribution in [0.15, 0.2) is 84.9 Å². The lowest BCUT2D eigenvalue weighted by Gasteiger charge is -2.33. The van der Waals surface area contributed by atoms with Crippen LogP contribution < -0.4 is 20.9 Å². The van der Waals surface area contributed by atoms with Crippen molar-refractivity contribution in [1.82, 2.24) is 0 Å². The number of benzene rings is 4. The Labute approximate surface area is 182 Å². The standard InChI is InChI=1S/C27H24N2O2/c1-17-15-19(11-13-25(17)28)30-27(31-20-12-14-26(29)18(2)16-20)23-9-5-3-7-21(23)22-8-4-6-10-24(22)27/h3-16H,28-29H2,1-2H3. The number of ether oxygens (including phenoxy) is 2. The molecule has 4 heteroatoms. The predicted molar refractivity (Wildman–Crippen MR) is 125 cm³/mol. The lowest BCUT2D eigenvalue weighted by molar-refractivity contribution is -0.0806. The second kappa shape index (κ2) is 7.10. The van der Waals surface area contributed by atoms with E-state index in [4.69, 9.17) is 20.9 Å². The van der Waals surface area contributed by atoms with Crippen molar-refractivity contribution in [2.24, 2.45) is 0 Å². The Morgan fingerprint density at radius 1 is 0.581 bits per heavy atom. The minimum Gasteiger partial charge on any atom is -0.444 e. The molecule has 4 N–H and O–H groups in total. The van der Waals surface area contributed by atoms with Crippen molar-refractivity contribution in [3.8, 4) is 22.6 Å². The monoisotopic (exact) mass is 408 g/mol. The number of nitrogen functional groups attached to an aromatic ring is 2. The Hall–Kier alpha value is -3.92. The van der Waals surface area contributed by atoms with Gasteiger partial charge in [-0.05, 0) is 72.5 Å². The summed E-state index contributed by atoms with van der Waals surface area (Å²) in [5.41, 5.74) is 19.5. The molecule has 1 aliphatic rings. The van der Waals surface area contributed by atoms with Crippen molar-refractivity contribution in [3.05, 3.63) is 107 Å². The van der Waals surface area contributed by atoms with Gasteiger partial charge in [0.25, 0.3) is 0 Å². The number of hydrogen-bond acceptors (Lipinski definition) is 4. The highest BCUT2D eigenvalue weighted by Crippen LogP contribution is 2.50. The summed E-state index contributed by atoms with van der Waals surface area (Å²) in [5, 5.41) is 0. The average Bonchev–Trinajstić information content (AvgIpc) is 3.04. The van der Waals surface area contributed by atoms with Gasteiger partial charge in [0.1, 0.15) is 11.5 Å². The van der Waals surface area contributed by atoms with Crippen molar-refractivity contribution < 1.29 is 9.47 Å². The van der Waals surface area contributed by atoms with Gasteiger partial charge in [0.05, 0.1) is 0 Å². The molecule has 0 radical (unpaired) electrons. The van der Waals surface area contributed by atoms with Gasteiger partial charge in [-0.3, -0.25) is 0 Å². The maximum absolute atomic E-state index is 6.72. The van der Waals surface area contributed by atoms with Crippen molar-refractivity contribution >= 4 is 11.4 Å². The van der Waals surface area contributed by atoms with Crippen LogP contribution in [0, 0.1) is 13.8 Å². The molecular weight excluding hydrogens is 384 g/mol. The van der Waals surface area contributed by atoms with Crippen molar-refractivity contribution in [2.45, 2.75) is 19.6 Å². The quantitative estimate of drug-likeness (QED) is 0.330. The number of anilines is 2. The third-order valence-electron chi connectivity index (χ3n) is 5.86. The van der Waals surface area contributed by atoms with Gasteiger partial charge in [0.2, 0.25) is 0 Å². The molecule has 154 valence electrons. The molecule has 0 aliphatic heterocycles. The van der Waals surface area contributed by atoms with E-state index in [0.717, 1.165) is 44.8 Å². The fraction of sp³-hybridized carbons (Fsp3) is 0.111. The van der Waals surface area contributed by atoms with Gasteiger partial charge < -0.3 is 20.9 Å². The van der Waals surface area contributed by atoms with Crippen molar-refractivity contribution in [2.75, 3.05) is 11.5 Å². The first-order valence-electron chi connectivity index (χ1n) is 10.3. The molecule has 0 fully saturated rings. The van der Waals surface area contributed by atoms with Crippen molar-refractivity contribution in [3.63, 3.8) is 0 Å². The van der Waals surface area contributed by atoms with Crippen LogP contribution in [0.3, 0.4) is 0 Å². The van der Waals surface area contributed by atoms with Crippen LogP contribution in [0.25, 0.3) is 11.1 Å². The molecular formula is C27H24N2O2. The Morgan fingerprint density at radius 3 is 1.42 bits per heavy atom. The summed E-state index contributed by atoms with van der Waals surface area (Å²) in [4.78, 5) is 0. The second-order valence-electron chi connectivity index (χ2n) is 7.95. The molecule has 4 aromatic carbocycles. The molecule has 1 aliphatic carbocycles. The molecule has 5 rings (SSSR count). The van der Waals surface area contributed by atoms with E-state index < -0.39 is 5.79 Å². The SMILES string of the molecule is Cc1cc(OC2(Oc3ccc(N)c(C)c3)c3ccccc3-c3ccccc32)ccc1N. The lowest BCUT2D eigenvalue weighted by Crippen LogP contribution is -2.39. The van der Waals surface area contributed by atoms with Crippen LogP contribution in [-0.2, 0) is 5.79 Å². The molecule has 0 atom stereocenters. The number of hydrogen-bond donors (Lipinski definition) is 2. The van der Waals surface area contributed by atoms with Crippen LogP contribution in [0.1, 0.15) is 22.3 Å². The molecule has 0 amide bonds. The van der Waals surface area contributed by atoms with Crippen molar-refractivity contribution in [1.29, 1.82) is 0 Å². The minimum absolute atomic E-state index is 0.686. The van der Waals surface area contributed by atoms with E-state index in [1.165, 1.54) is 0 Å². The van der Waals surface area contributed by atoms with Gasteiger partial charge in [0, 0.05) is 22.5 Å². The van der Waals surface area contributed by atoms with Crippen LogP contribution in [0.4, 0.5) is 11.4 Å². The zero-order valence-electron chi connectivity index (χ0n) is 17.6. The highest BCUT2D eigenvalue weighted by atomic mass is 16.7. The van der Waals surface area contributed by atoms with E-state index in [0.29, 0.717) is 11.5 Å². The maximum Gasteiger partial charge on any atom is 0.306 e. The molecule has 0 spiro atoms. The zero-order valence-corrected chi connectivity index (χ0v) is 17.6. The molecule has 0 saturated carbocycles. The van der Waals surface area contributed by atoms with Gasteiger partial charge in [-0.2, -0.15) is 0 Å². The number of aryl methyl sites for hydroxylation is 2. The smallest absolute Gasteiger partial charge is 0.306 e. The van der Waals surface area contributed by atoms with E-state index in [2.05, 4.69) is 24.3 Å². The number of fused-ring (bicyclic) bond motifs is 3. The molecule has 0 saturated heterocycles. The summed E-state index contributed by atoms with van der Waals surface area (Å²) in [6.07, 6.45) is 0. The summed E-state index contributed by atoms with van der Waals surface area (Å²) < 4.78 is 13.4. The first kappa shape index (κ1) is 19.1. The molecule has 0 bridgehead atoms. The topological polar surface area (TPSA) is 70.5 Å². The van der Waals surface area contributed by atoms with Gasteiger partial charge >= 0.3 is 5.79 Å². The van der Waals surface area contributed by atoms with Crippen LogP contribution in [0.5, 0.6) is 11.5 Å². The predicted octanol–water partition coefficient (Wildman–Crippen LogP) is 5.81. The lowest BCUT2D eigenvalue weighted by atomic mass is 10.0. The summed E-state index contributed by atoms with van der Waals surface area (Å²) in [6, 6.07) is 27.8. The molecule has 0 heterocycles. The molecule has 0 unspecified atom stereocenters. The van der Waals surface area contributed by atoms with Crippen LogP contribution >= 0.6 is 0 Å². The first-order chi connectivity index (χ1) is 15.0. The summed E-state index contributed by atoms with van der Waals surface area (Å²) in [7, 11) is 0. The highest BCUT2D eigenvalue weighted by Gasteiger charge is 2.48.